The highest BCUT2D eigenvalue weighted by Crippen LogP contribution is 2.33. The molecule has 2 atom stereocenters. The van der Waals surface area contributed by atoms with E-state index in [1.54, 1.807) is 0 Å². The molecule has 26 heavy (non-hydrogen) atoms. The lowest BCUT2D eigenvalue weighted by atomic mass is 9.86. The van der Waals surface area contributed by atoms with Crippen LogP contribution in [-0.4, -0.2) is 61.8 Å². The van der Waals surface area contributed by atoms with E-state index in [1.165, 1.54) is 0 Å². The number of likely N-dealkylation sites (tertiary alicyclic amines) is 1. The van der Waals surface area contributed by atoms with Crippen molar-refractivity contribution in [2.24, 2.45) is 11.8 Å². The van der Waals surface area contributed by atoms with Crippen LogP contribution in [0.25, 0.3) is 0 Å². The molecule has 140 valence electrons. The molecule has 1 aromatic carbocycles. The molecule has 2 heterocycles. The maximum absolute atomic E-state index is 12.8. The van der Waals surface area contributed by atoms with Crippen molar-refractivity contribution in [3.05, 3.63) is 47.5 Å². The maximum Gasteiger partial charge on any atom is 0.253 e. The minimum atomic E-state index is -2.84. The van der Waals surface area contributed by atoms with Gasteiger partial charge in [0, 0.05) is 38.3 Å². The summed E-state index contributed by atoms with van der Waals surface area (Å²) in [6, 6.07) is 7.83. The quantitative estimate of drug-likeness (QED) is 0.759. The lowest BCUT2D eigenvalue weighted by Gasteiger charge is -2.26. The molecular weight excluding hydrogens is 348 g/mol. The molecular formula is C20H26N2O3S. The van der Waals surface area contributed by atoms with Crippen molar-refractivity contribution >= 4 is 15.7 Å². The van der Waals surface area contributed by atoms with Crippen LogP contribution in [0, 0.1) is 11.8 Å². The molecule has 1 aliphatic carbocycles. The zero-order valence-corrected chi connectivity index (χ0v) is 15.8. The highest BCUT2D eigenvalue weighted by Gasteiger charge is 2.35. The van der Waals surface area contributed by atoms with E-state index in [0.717, 1.165) is 43.6 Å². The van der Waals surface area contributed by atoms with Gasteiger partial charge in [-0.3, -0.25) is 9.69 Å². The van der Waals surface area contributed by atoms with Gasteiger partial charge < -0.3 is 4.90 Å². The van der Waals surface area contributed by atoms with E-state index in [-0.39, 0.29) is 17.4 Å². The van der Waals surface area contributed by atoms with E-state index in [4.69, 9.17) is 0 Å². The number of hydrogen-bond donors (Lipinski definition) is 0. The number of nitrogens with zero attached hydrogens (tertiary/aromatic N) is 2. The first-order valence-corrected chi connectivity index (χ1v) is 11.3. The van der Waals surface area contributed by atoms with Crippen LogP contribution in [-0.2, 0) is 16.4 Å². The lowest BCUT2D eigenvalue weighted by molar-refractivity contribution is 0.0784. The summed E-state index contributed by atoms with van der Waals surface area (Å²) in [6.45, 7) is 3.67. The van der Waals surface area contributed by atoms with Crippen molar-refractivity contribution in [3.8, 4) is 0 Å². The first kappa shape index (κ1) is 17.7. The molecule has 0 bridgehead atoms. The maximum atomic E-state index is 12.8. The molecule has 2 fully saturated rings. The monoisotopic (exact) mass is 374 g/mol. The molecule has 0 unspecified atom stereocenters. The van der Waals surface area contributed by atoms with Gasteiger partial charge in [0.2, 0.25) is 0 Å². The average molecular weight is 375 g/mol. The average Bonchev–Trinajstić information content (AvgIpc) is 3.08. The number of hydrogen-bond acceptors (Lipinski definition) is 4. The molecule has 2 saturated heterocycles. The molecule has 0 spiro atoms. The predicted molar refractivity (Wildman–Crippen MR) is 102 cm³/mol. The van der Waals surface area contributed by atoms with Crippen molar-refractivity contribution in [2.75, 3.05) is 37.7 Å². The Kier molecular flexibility index (Phi) is 4.88. The van der Waals surface area contributed by atoms with Gasteiger partial charge in [-0.1, -0.05) is 24.3 Å². The fourth-order valence-corrected chi connectivity index (χ4v) is 5.56. The molecule has 1 amide bonds. The first-order chi connectivity index (χ1) is 12.5. The summed E-state index contributed by atoms with van der Waals surface area (Å²) < 4.78 is 23.0. The Labute approximate surface area is 155 Å². The molecule has 2 aliphatic heterocycles. The number of rotatable bonds is 3. The normalized spacial score (nSPS) is 28.1. The number of carbonyl (C=O) groups excluding carboxylic acids is 1. The summed E-state index contributed by atoms with van der Waals surface area (Å²) in [5.74, 6) is 1.87. The Bertz CT molecular complexity index is 771. The summed E-state index contributed by atoms with van der Waals surface area (Å²) in [7, 11) is -2.84. The van der Waals surface area contributed by atoms with Gasteiger partial charge in [0.25, 0.3) is 5.91 Å². The minimum absolute atomic E-state index is 0.134. The van der Waals surface area contributed by atoms with Gasteiger partial charge >= 0.3 is 0 Å². The summed E-state index contributed by atoms with van der Waals surface area (Å²) in [6.07, 6.45) is 6.68. The smallest absolute Gasteiger partial charge is 0.253 e. The summed E-state index contributed by atoms with van der Waals surface area (Å²) in [5.41, 5.74) is 1.88. The fraction of sp³-hybridized carbons (Fsp3) is 0.550. The van der Waals surface area contributed by atoms with E-state index in [2.05, 4.69) is 17.1 Å². The van der Waals surface area contributed by atoms with Crippen LogP contribution < -0.4 is 0 Å². The molecule has 5 nitrogen and oxygen atoms in total. The number of benzene rings is 1. The Morgan fingerprint density at radius 2 is 1.54 bits per heavy atom. The van der Waals surface area contributed by atoms with E-state index >= 15 is 0 Å². The van der Waals surface area contributed by atoms with Crippen LogP contribution in [0.2, 0.25) is 0 Å². The third kappa shape index (κ3) is 3.86. The third-order valence-corrected chi connectivity index (χ3v) is 7.56. The van der Waals surface area contributed by atoms with Gasteiger partial charge in [-0.15, -0.1) is 0 Å². The second-order valence-electron chi connectivity index (χ2n) is 7.80. The second-order valence-corrected chi connectivity index (χ2v) is 10.1. The lowest BCUT2D eigenvalue weighted by Crippen LogP contribution is -2.39. The third-order valence-electron chi connectivity index (χ3n) is 5.95. The Morgan fingerprint density at radius 3 is 2.12 bits per heavy atom. The van der Waals surface area contributed by atoms with Crippen molar-refractivity contribution in [1.82, 2.24) is 9.80 Å². The number of amides is 1. The predicted octanol–water partition coefficient (Wildman–Crippen LogP) is 1.96. The topological polar surface area (TPSA) is 57.7 Å². The van der Waals surface area contributed by atoms with Crippen LogP contribution in [0.3, 0.4) is 0 Å². The molecule has 0 aromatic heterocycles. The standard InChI is InChI=1S/C20H26N2O3S/c23-20(22-14-18-3-1-2-4-19(18)15-22)17-7-5-16(6-8-17)13-21-9-11-26(24,25)12-10-21/h1-2,5-8,18-19H,3-4,9-15H2/t18-,19+. The fourth-order valence-electron chi connectivity index (χ4n) is 4.28. The van der Waals surface area contributed by atoms with Gasteiger partial charge in [-0.05, 0) is 42.4 Å². The highest BCUT2D eigenvalue weighted by molar-refractivity contribution is 7.91. The second kappa shape index (κ2) is 7.16. The number of carbonyl (C=O) groups is 1. The Morgan fingerprint density at radius 1 is 0.962 bits per heavy atom. The largest absolute Gasteiger partial charge is 0.338 e. The van der Waals surface area contributed by atoms with Gasteiger partial charge in [0.15, 0.2) is 9.84 Å². The van der Waals surface area contributed by atoms with Crippen molar-refractivity contribution < 1.29 is 13.2 Å². The molecule has 3 aliphatic rings. The van der Waals surface area contributed by atoms with Gasteiger partial charge in [-0.25, -0.2) is 8.42 Å². The number of fused-ring (bicyclic) bond motifs is 1. The van der Waals surface area contributed by atoms with Gasteiger partial charge in [0.05, 0.1) is 11.5 Å². The summed E-state index contributed by atoms with van der Waals surface area (Å²) >= 11 is 0. The number of sulfone groups is 1. The minimum Gasteiger partial charge on any atom is -0.338 e. The van der Waals surface area contributed by atoms with Crippen LogP contribution in [0.5, 0.6) is 0 Å². The van der Waals surface area contributed by atoms with Crippen LogP contribution in [0.4, 0.5) is 0 Å². The van der Waals surface area contributed by atoms with Crippen LogP contribution >= 0.6 is 0 Å². The zero-order valence-electron chi connectivity index (χ0n) is 15.0. The molecule has 4 rings (SSSR count). The van der Waals surface area contributed by atoms with Crippen molar-refractivity contribution in [1.29, 1.82) is 0 Å². The van der Waals surface area contributed by atoms with E-state index in [9.17, 15) is 13.2 Å². The van der Waals surface area contributed by atoms with E-state index < -0.39 is 9.84 Å². The molecule has 6 heteroatoms. The summed E-state index contributed by atoms with van der Waals surface area (Å²) in [4.78, 5) is 17.0. The number of allylic oxidation sites excluding steroid dienone is 2. The Hall–Kier alpha value is -1.66. The van der Waals surface area contributed by atoms with Crippen LogP contribution in [0.1, 0.15) is 28.8 Å². The Balaban J connectivity index is 1.35. The summed E-state index contributed by atoms with van der Waals surface area (Å²) in [5, 5.41) is 0. The molecule has 0 saturated carbocycles. The highest BCUT2D eigenvalue weighted by atomic mass is 32.2. The first-order valence-electron chi connectivity index (χ1n) is 9.46. The zero-order chi connectivity index (χ0) is 18.1. The van der Waals surface area contributed by atoms with E-state index in [0.29, 0.717) is 24.9 Å². The van der Waals surface area contributed by atoms with Crippen LogP contribution in [0.15, 0.2) is 36.4 Å². The molecule has 0 radical (unpaired) electrons. The molecule has 1 aromatic rings. The van der Waals surface area contributed by atoms with Crippen molar-refractivity contribution in [3.63, 3.8) is 0 Å². The van der Waals surface area contributed by atoms with Gasteiger partial charge in [-0.2, -0.15) is 0 Å². The molecule has 0 N–H and O–H groups in total. The SMILES string of the molecule is O=C(c1ccc(CN2CCS(=O)(=O)CC2)cc1)N1C[C@H]2CC=CC[C@H]2C1. The van der Waals surface area contributed by atoms with Crippen molar-refractivity contribution in [2.45, 2.75) is 19.4 Å². The van der Waals surface area contributed by atoms with Gasteiger partial charge in [0.1, 0.15) is 0 Å². The van der Waals surface area contributed by atoms with E-state index in [1.807, 2.05) is 29.2 Å².